The van der Waals surface area contributed by atoms with E-state index in [0.717, 1.165) is 24.8 Å². The summed E-state index contributed by atoms with van der Waals surface area (Å²) in [5.41, 5.74) is 0.928. The third kappa shape index (κ3) is 2.35. The Bertz CT molecular complexity index is 526. The lowest BCUT2D eigenvalue weighted by molar-refractivity contribution is -0.151. The summed E-state index contributed by atoms with van der Waals surface area (Å²) >= 11 is 0. The second-order valence-corrected chi connectivity index (χ2v) is 5.47. The van der Waals surface area contributed by atoms with Crippen molar-refractivity contribution < 1.29 is 14.7 Å². The van der Waals surface area contributed by atoms with Gasteiger partial charge in [0.2, 0.25) is 11.8 Å². The molecule has 20 heavy (non-hydrogen) atoms. The first-order valence-electron chi connectivity index (χ1n) is 7.04. The number of carbonyl (C=O) groups is 2. The normalized spacial score (nSPS) is 26.1. The monoisotopic (exact) mass is 274 g/mol. The van der Waals surface area contributed by atoms with Crippen LogP contribution in [-0.2, 0) is 16.0 Å². The van der Waals surface area contributed by atoms with Gasteiger partial charge in [-0.1, -0.05) is 12.1 Å². The molecule has 2 fully saturated rings. The van der Waals surface area contributed by atoms with Crippen LogP contribution < -0.4 is 5.32 Å². The van der Waals surface area contributed by atoms with Gasteiger partial charge in [-0.15, -0.1) is 0 Å². The summed E-state index contributed by atoms with van der Waals surface area (Å²) in [6.07, 6.45) is 3.21. The van der Waals surface area contributed by atoms with E-state index in [9.17, 15) is 14.7 Å². The second kappa shape index (κ2) is 5.15. The number of piperazine rings is 1. The molecule has 0 bridgehead atoms. The van der Waals surface area contributed by atoms with Gasteiger partial charge in [0.15, 0.2) is 0 Å². The van der Waals surface area contributed by atoms with Gasteiger partial charge in [-0.05, 0) is 37.0 Å². The molecular weight excluding hydrogens is 256 g/mol. The molecule has 2 aliphatic rings. The molecular formula is C15H18N2O3. The van der Waals surface area contributed by atoms with Gasteiger partial charge in [-0.25, -0.2) is 0 Å². The van der Waals surface area contributed by atoms with Crippen molar-refractivity contribution >= 4 is 11.8 Å². The molecule has 0 saturated carbocycles. The lowest BCUT2D eigenvalue weighted by Gasteiger charge is -2.41. The highest BCUT2D eigenvalue weighted by Crippen LogP contribution is 2.23. The molecule has 2 N–H and O–H groups in total. The Balaban J connectivity index is 1.75. The van der Waals surface area contributed by atoms with Crippen LogP contribution in [0.1, 0.15) is 24.8 Å². The maximum absolute atomic E-state index is 12.4. The third-order valence-electron chi connectivity index (χ3n) is 4.08. The average Bonchev–Trinajstić information content (AvgIpc) is 2.47. The predicted octanol–water partition coefficient (Wildman–Crippen LogP) is 0.814. The molecule has 2 atom stereocenters. The fourth-order valence-electron chi connectivity index (χ4n) is 3.00. The summed E-state index contributed by atoms with van der Waals surface area (Å²) in [6, 6.07) is 5.98. The Labute approximate surface area is 117 Å². The molecule has 2 aliphatic heterocycles. The predicted molar refractivity (Wildman–Crippen MR) is 73.1 cm³/mol. The Kier molecular flexibility index (Phi) is 3.34. The van der Waals surface area contributed by atoms with Crippen LogP contribution in [0.4, 0.5) is 0 Å². The molecule has 1 aromatic carbocycles. The molecule has 0 radical (unpaired) electrons. The number of nitrogens with one attached hydrogen (secondary N) is 1. The number of aromatic hydroxyl groups is 1. The van der Waals surface area contributed by atoms with Gasteiger partial charge in [0.05, 0.1) is 0 Å². The fourth-order valence-corrected chi connectivity index (χ4v) is 3.00. The van der Waals surface area contributed by atoms with Crippen molar-refractivity contribution in [2.24, 2.45) is 0 Å². The Morgan fingerprint density at radius 2 is 1.95 bits per heavy atom. The van der Waals surface area contributed by atoms with Crippen LogP contribution in [0.15, 0.2) is 24.3 Å². The first-order chi connectivity index (χ1) is 9.65. The van der Waals surface area contributed by atoms with E-state index in [4.69, 9.17) is 0 Å². The quantitative estimate of drug-likeness (QED) is 0.838. The van der Waals surface area contributed by atoms with E-state index >= 15 is 0 Å². The minimum absolute atomic E-state index is 0.0161. The third-order valence-corrected chi connectivity index (χ3v) is 4.08. The molecule has 0 unspecified atom stereocenters. The van der Waals surface area contributed by atoms with Gasteiger partial charge < -0.3 is 15.3 Å². The van der Waals surface area contributed by atoms with Crippen molar-refractivity contribution in [1.29, 1.82) is 0 Å². The molecule has 2 heterocycles. The zero-order valence-corrected chi connectivity index (χ0v) is 11.2. The van der Waals surface area contributed by atoms with Gasteiger partial charge in [-0.3, -0.25) is 9.59 Å². The zero-order chi connectivity index (χ0) is 14.1. The van der Waals surface area contributed by atoms with Crippen LogP contribution in [0, 0.1) is 0 Å². The number of hydrogen-bond acceptors (Lipinski definition) is 3. The fraction of sp³-hybridized carbons (Fsp3) is 0.467. The van der Waals surface area contributed by atoms with E-state index in [1.807, 2.05) is 0 Å². The van der Waals surface area contributed by atoms with Crippen LogP contribution in [0.25, 0.3) is 0 Å². The van der Waals surface area contributed by atoms with Crippen molar-refractivity contribution in [3.8, 4) is 5.75 Å². The van der Waals surface area contributed by atoms with Crippen molar-refractivity contribution in [2.75, 3.05) is 6.54 Å². The van der Waals surface area contributed by atoms with Crippen molar-refractivity contribution in [2.45, 2.75) is 37.8 Å². The first kappa shape index (κ1) is 13.0. The SMILES string of the molecule is O=C1N[C@@H](Cc2ccc(O)cc2)C(=O)N2CCCC[C@@H]12. The van der Waals surface area contributed by atoms with E-state index in [2.05, 4.69) is 5.32 Å². The van der Waals surface area contributed by atoms with E-state index < -0.39 is 6.04 Å². The molecule has 5 nitrogen and oxygen atoms in total. The van der Waals surface area contributed by atoms with Crippen LogP contribution in [0.3, 0.4) is 0 Å². The number of phenols is 1. The van der Waals surface area contributed by atoms with E-state index in [1.54, 1.807) is 29.2 Å². The number of rotatable bonds is 2. The second-order valence-electron chi connectivity index (χ2n) is 5.47. The molecule has 1 aromatic rings. The Morgan fingerprint density at radius 1 is 1.20 bits per heavy atom. The smallest absolute Gasteiger partial charge is 0.246 e. The van der Waals surface area contributed by atoms with Crippen LogP contribution in [0.5, 0.6) is 5.75 Å². The Hall–Kier alpha value is -2.04. The number of hydrogen-bond donors (Lipinski definition) is 2. The summed E-state index contributed by atoms with van der Waals surface area (Å²) in [5.74, 6) is 0.180. The molecule has 5 heteroatoms. The molecule has 0 aromatic heterocycles. The molecule has 0 spiro atoms. The number of nitrogens with zero attached hydrogens (tertiary/aromatic N) is 1. The van der Waals surface area contributed by atoms with E-state index in [0.29, 0.717) is 13.0 Å². The average molecular weight is 274 g/mol. The minimum Gasteiger partial charge on any atom is -0.508 e. The lowest BCUT2D eigenvalue weighted by atomic mass is 9.94. The number of fused-ring (bicyclic) bond motifs is 1. The zero-order valence-electron chi connectivity index (χ0n) is 11.2. The van der Waals surface area contributed by atoms with Gasteiger partial charge >= 0.3 is 0 Å². The number of benzene rings is 1. The van der Waals surface area contributed by atoms with Gasteiger partial charge in [0.1, 0.15) is 17.8 Å². The van der Waals surface area contributed by atoms with Crippen LogP contribution in [0.2, 0.25) is 0 Å². The summed E-state index contributed by atoms with van der Waals surface area (Å²) in [6.45, 7) is 0.684. The largest absolute Gasteiger partial charge is 0.508 e. The topological polar surface area (TPSA) is 69.6 Å². The maximum Gasteiger partial charge on any atom is 0.246 e. The summed E-state index contributed by atoms with van der Waals surface area (Å²) in [7, 11) is 0. The minimum atomic E-state index is -0.485. The molecule has 0 aliphatic carbocycles. The highest BCUT2D eigenvalue weighted by molar-refractivity contribution is 5.97. The maximum atomic E-state index is 12.4. The van der Waals surface area contributed by atoms with Gasteiger partial charge in [0.25, 0.3) is 0 Å². The number of phenolic OH excluding ortho intramolecular Hbond substituents is 1. The van der Waals surface area contributed by atoms with E-state index in [1.165, 1.54) is 0 Å². The highest BCUT2D eigenvalue weighted by atomic mass is 16.3. The lowest BCUT2D eigenvalue weighted by Crippen LogP contribution is -2.64. The molecule has 3 rings (SSSR count). The Morgan fingerprint density at radius 3 is 2.70 bits per heavy atom. The van der Waals surface area contributed by atoms with Crippen molar-refractivity contribution in [1.82, 2.24) is 10.2 Å². The standard InChI is InChI=1S/C15H18N2O3/c18-11-6-4-10(5-7-11)9-12-15(20)17-8-2-1-3-13(17)14(19)16-12/h4-7,12-13,18H,1-3,8-9H2,(H,16,19)/t12-,13-/m0/s1. The number of amides is 2. The van der Waals surface area contributed by atoms with Crippen LogP contribution in [-0.4, -0.2) is 40.4 Å². The molecule has 106 valence electrons. The highest BCUT2D eigenvalue weighted by Gasteiger charge is 2.41. The van der Waals surface area contributed by atoms with Crippen LogP contribution >= 0.6 is 0 Å². The summed E-state index contributed by atoms with van der Waals surface area (Å²) in [4.78, 5) is 26.3. The molecule has 2 amide bonds. The number of piperidine rings is 1. The number of carbonyl (C=O) groups excluding carboxylic acids is 2. The van der Waals surface area contributed by atoms with E-state index in [-0.39, 0.29) is 23.6 Å². The van der Waals surface area contributed by atoms with Crippen molar-refractivity contribution in [3.63, 3.8) is 0 Å². The summed E-state index contributed by atoms with van der Waals surface area (Å²) in [5, 5.41) is 12.1. The molecule has 2 saturated heterocycles. The van der Waals surface area contributed by atoms with Crippen molar-refractivity contribution in [3.05, 3.63) is 29.8 Å². The van der Waals surface area contributed by atoms with Gasteiger partial charge in [0, 0.05) is 13.0 Å². The first-order valence-corrected chi connectivity index (χ1v) is 7.04. The van der Waals surface area contributed by atoms with Gasteiger partial charge in [-0.2, -0.15) is 0 Å². The summed E-state index contributed by atoms with van der Waals surface area (Å²) < 4.78 is 0.